The third-order valence-electron chi connectivity index (χ3n) is 4.46. The number of piperidine rings is 1. The van der Waals surface area contributed by atoms with Gasteiger partial charge >= 0.3 is 0 Å². The molecule has 1 aliphatic heterocycles. The van der Waals surface area contributed by atoms with Gasteiger partial charge in [-0.25, -0.2) is 0 Å². The normalized spacial score (nSPS) is 17.9. The van der Waals surface area contributed by atoms with E-state index in [0.29, 0.717) is 6.61 Å². The van der Waals surface area contributed by atoms with Gasteiger partial charge < -0.3 is 10.1 Å². The molecule has 0 spiro atoms. The summed E-state index contributed by atoms with van der Waals surface area (Å²) in [6.45, 7) is 9.49. The summed E-state index contributed by atoms with van der Waals surface area (Å²) in [6.07, 6.45) is 3.76. The van der Waals surface area contributed by atoms with Gasteiger partial charge in [0.2, 0.25) is 5.91 Å². The van der Waals surface area contributed by atoms with Gasteiger partial charge in [-0.3, -0.25) is 14.7 Å². The molecule has 0 radical (unpaired) electrons. The van der Waals surface area contributed by atoms with Crippen molar-refractivity contribution in [1.29, 1.82) is 0 Å². The van der Waals surface area contributed by atoms with Crippen LogP contribution in [0.5, 0.6) is 0 Å². The summed E-state index contributed by atoms with van der Waals surface area (Å²) in [6, 6.07) is 2.25. The van der Waals surface area contributed by atoms with Crippen LogP contribution in [-0.2, 0) is 16.1 Å². The average Bonchev–Trinajstić information content (AvgIpc) is 2.51. The van der Waals surface area contributed by atoms with E-state index < -0.39 is 0 Å². The molecule has 1 amide bonds. The van der Waals surface area contributed by atoms with Crippen molar-refractivity contribution < 1.29 is 9.53 Å². The van der Waals surface area contributed by atoms with E-state index in [1.807, 2.05) is 13.1 Å². The topological polar surface area (TPSA) is 54.5 Å². The van der Waals surface area contributed by atoms with Crippen molar-refractivity contribution in [2.75, 3.05) is 26.8 Å². The fourth-order valence-electron chi connectivity index (χ4n) is 3.13. The second kappa shape index (κ2) is 8.41. The molecule has 2 heterocycles. The van der Waals surface area contributed by atoms with Gasteiger partial charge in [0.1, 0.15) is 0 Å². The van der Waals surface area contributed by atoms with Crippen molar-refractivity contribution in [2.45, 2.75) is 46.2 Å². The number of ether oxygens (including phenoxy) is 1. The van der Waals surface area contributed by atoms with Gasteiger partial charge in [-0.05, 0) is 57.8 Å². The Bertz CT molecular complexity index is 525. The van der Waals surface area contributed by atoms with E-state index in [9.17, 15) is 4.79 Å². The summed E-state index contributed by atoms with van der Waals surface area (Å²) in [4.78, 5) is 19.2. The molecule has 1 fully saturated rings. The molecule has 0 bridgehead atoms. The molecule has 1 aliphatic rings. The number of hydrogen-bond donors (Lipinski definition) is 1. The standard InChI is InChI=1S/C18H29N3O2/c1-13-9-14(2)17(19-10-13)11-21-7-5-16(6-8-21)18(22)20-15(3)12-23-4/h9-10,15-16H,5-8,11-12H2,1-4H3,(H,20,22). The highest BCUT2D eigenvalue weighted by Crippen LogP contribution is 2.20. The third-order valence-corrected chi connectivity index (χ3v) is 4.46. The number of aryl methyl sites for hydroxylation is 2. The molecule has 1 atom stereocenters. The number of likely N-dealkylation sites (tertiary alicyclic amines) is 1. The smallest absolute Gasteiger partial charge is 0.223 e. The lowest BCUT2D eigenvalue weighted by atomic mass is 9.95. The number of rotatable bonds is 6. The van der Waals surface area contributed by atoms with Crippen molar-refractivity contribution in [1.82, 2.24) is 15.2 Å². The monoisotopic (exact) mass is 319 g/mol. The van der Waals surface area contributed by atoms with E-state index in [0.717, 1.165) is 38.2 Å². The summed E-state index contributed by atoms with van der Waals surface area (Å²) in [5, 5.41) is 3.04. The Morgan fingerprint density at radius 2 is 2.13 bits per heavy atom. The molecule has 0 saturated carbocycles. The maximum Gasteiger partial charge on any atom is 0.223 e. The quantitative estimate of drug-likeness (QED) is 0.872. The minimum Gasteiger partial charge on any atom is -0.383 e. The molecular formula is C18H29N3O2. The molecule has 5 heteroatoms. The molecule has 23 heavy (non-hydrogen) atoms. The Balaban J connectivity index is 1.80. The van der Waals surface area contributed by atoms with Crippen LogP contribution in [0.25, 0.3) is 0 Å². The van der Waals surface area contributed by atoms with E-state index in [-0.39, 0.29) is 17.9 Å². The number of carbonyl (C=O) groups is 1. The van der Waals surface area contributed by atoms with Crippen LogP contribution >= 0.6 is 0 Å². The van der Waals surface area contributed by atoms with Crippen LogP contribution in [-0.4, -0.2) is 48.6 Å². The minimum absolute atomic E-state index is 0.0740. The molecule has 0 aromatic carbocycles. The lowest BCUT2D eigenvalue weighted by molar-refractivity contribution is -0.127. The Labute approximate surface area is 139 Å². The SMILES string of the molecule is COCC(C)NC(=O)C1CCN(Cc2ncc(C)cc2C)CC1. The Hall–Kier alpha value is -1.46. The number of methoxy groups -OCH3 is 1. The lowest BCUT2D eigenvalue weighted by Gasteiger charge is -2.31. The van der Waals surface area contributed by atoms with Crippen LogP contribution in [0.4, 0.5) is 0 Å². The Kier molecular flexibility index (Phi) is 6.54. The van der Waals surface area contributed by atoms with Gasteiger partial charge in [0, 0.05) is 31.8 Å². The van der Waals surface area contributed by atoms with Crippen LogP contribution in [0.3, 0.4) is 0 Å². The number of amides is 1. The Morgan fingerprint density at radius 3 is 2.74 bits per heavy atom. The molecule has 1 N–H and O–H groups in total. The number of pyridine rings is 1. The van der Waals surface area contributed by atoms with Gasteiger partial charge in [0.15, 0.2) is 0 Å². The van der Waals surface area contributed by atoms with E-state index in [1.54, 1.807) is 7.11 Å². The molecule has 1 saturated heterocycles. The Morgan fingerprint density at radius 1 is 1.43 bits per heavy atom. The first-order valence-electron chi connectivity index (χ1n) is 8.43. The largest absolute Gasteiger partial charge is 0.383 e. The van der Waals surface area contributed by atoms with Crippen molar-refractivity contribution in [2.24, 2.45) is 5.92 Å². The van der Waals surface area contributed by atoms with Crippen LogP contribution in [0.15, 0.2) is 12.3 Å². The lowest BCUT2D eigenvalue weighted by Crippen LogP contribution is -2.44. The highest BCUT2D eigenvalue weighted by Gasteiger charge is 2.26. The molecule has 1 aromatic rings. The second-order valence-corrected chi connectivity index (χ2v) is 6.69. The zero-order chi connectivity index (χ0) is 16.8. The number of carbonyl (C=O) groups excluding carboxylic acids is 1. The zero-order valence-electron chi connectivity index (χ0n) is 14.8. The average molecular weight is 319 g/mol. The van der Waals surface area contributed by atoms with E-state index in [2.05, 4.69) is 35.1 Å². The van der Waals surface area contributed by atoms with E-state index in [1.165, 1.54) is 11.1 Å². The number of nitrogens with zero attached hydrogens (tertiary/aromatic N) is 2. The summed E-state index contributed by atoms with van der Waals surface area (Å²) >= 11 is 0. The maximum atomic E-state index is 12.2. The van der Waals surface area contributed by atoms with Crippen LogP contribution in [0.2, 0.25) is 0 Å². The van der Waals surface area contributed by atoms with E-state index in [4.69, 9.17) is 4.74 Å². The summed E-state index contributed by atoms with van der Waals surface area (Å²) < 4.78 is 5.06. The molecular weight excluding hydrogens is 290 g/mol. The number of hydrogen-bond acceptors (Lipinski definition) is 4. The summed E-state index contributed by atoms with van der Waals surface area (Å²) in [5.41, 5.74) is 3.59. The zero-order valence-corrected chi connectivity index (χ0v) is 14.8. The van der Waals surface area contributed by atoms with Crippen LogP contribution < -0.4 is 5.32 Å². The van der Waals surface area contributed by atoms with Crippen LogP contribution in [0.1, 0.15) is 36.6 Å². The highest BCUT2D eigenvalue weighted by molar-refractivity contribution is 5.79. The van der Waals surface area contributed by atoms with Crippen LogP contribution in [0, 0.1) is 19.8 Å². The highest BCUT2D eigenvalue weighted by atomic mass is 16.5. The maximum absolute atomic E-state index is 12.2. The molecule has 5 nitrogen and oxygen atoms in total. The number of aromatic nitrogens is 1. The summed E-state index contributed by atoms with van der Waals surface area (Å²) in [7, 11) is 1.66. The molecule has 1 unspecified atom stereocenters. The minimum atomic E-state index is 0.0740. The predicted octanol–water partition coefficient (Wildman–Crippen LogP) is 2.06. The molecule has 2 rings (SSSR count). The van der Waals surface area contributed by atoms with Gasteiger partial charge in [-0.1, -0.05) is 6.07 Å². The van der Waals surface area contributed by atoms with Gasteiger partial charge in [-0.15, -0.1) is 0 Å². The second-order valence-electron chi connectivity index (χ2n) is 6.69. The molecule has 0 aliphatic carbocycles. The van der Waals surface area contributed by atoms with Gasteiger partial charge in [0.05, 0.1) is 12.3 Å². The first kappa shape index (κ1) is 17.9. The summed E-state index contributed by atoms with van der Waals surface area (Å²) in [5.74, 6) is 0.288. The molecule has 128 valence electrons. The number of nitrogens with one attached hydrogen (secondary N) is 1. The van der Waals surface area contributed by atoms with Crippen molar-refractivity contribution in [3.05, 3.63) is 29.1 Å². The first-order valence-corrected chi connectivity index (χ1v) is 8.43. The van der Waals surface area contributed by atoms with Gasteiger partial charge in [-0.2, -0.15) is 0 Å². The van der Waals surface area contributed by atoms with Gasteiger partial charge in [0.25, 0.3) is 0 Å². The van der Waals surface area contributed by atoms with Crippen molar-refractivity contribution in [3.63, 3.8) is 0 Å². The van der Waals surface area contributed by atoms with Crippen molar-refractivity contribution in [3.8, 4) is 0 Å². The fourth-order valence-corrected chi connectivity index (χ4v) is 3.13. The third kappa shape index (κ3) is 5.29. The van der Waals surface area contributed by atoms with Crippen molar-refractivity contribution >= 4 is 5.91 Å². The first-order chi connectivity index (χ1) is 11.0. The predicted molar refractivity (Wildman–Crippen MR) is 91.2 cm³/mol. The molecule has 1 aromatic heterocycles. The van der Waals surface area contributed by atoms with E-state index >= 15 is 0 Å². The fraction of sp³-hybridized carbons (Fsp3) is 0.667.